The molecule has 0 unspecified atom stereocenters. The van der Waals surface area contributed by atoms with Crippen LogP contribution in [0, 0.1) is 29.9 Å². The van der Waals surface area contributed by atoms with Crippen molar-refractivity contribution in [1.29, 1.82) is 5.26 Å². The maximum absolute atomic E-state index is 15.3. The number of piperazine rings is 1. The minimum atomic E-state index is -0.720. The molecule has 0 bridgehead atoms. The van der Waals surface area contributed by atoms with Crippen LogP contribution in [-0.4, -0.2) is 40.7 Å². The summed E-state index contributed by atoms with van der Waals surface area (Å²) < 4.78 is 37.5. The van der Waals surface area contributed by atoms with Gasteiger partial charge >= 0.3 is 0 Å². The predicted molar refractivity (Wildman–Crippen MR) is 134 cm³/mol. The van der Waals surface area contributed by atoms with Gasteiger partial charge in [-0.05, 0) is 44.2 Å². The van der Waals surface area contributed by atoms with Crippen molar-refractivity contribution >= 4 is 28.1 Å². The Morgan fingerprint density at radius 1 is 1.14 bits per heavy atom. The lowest BCUT2D eigenvalue weighted by atomic mass is 10.2. The summed E-state index contributed by atoms with van der Waals surface area (Å²) in [5.41, 5.74) is 2.71. The van der Waals surface area contributed by atoms with E-state index in [-0.39, 0.29) is 33.9 Å². The lowest BCUT2D eigenvalue weighted by Crippen LogP contribution is -2.43. The monoisotopic (exact) mass is 489 g/mol. The van der Waals surface area contributed by atoms with Crippen molar-refractivity contribution in [2.45, 2.75) is 20.4 Å². The highest BCUT2D eigenvalue weighted by Gasteiger charge is 2.21. The Balaban J connectivity index is 1.43. The van der Waals surface area contributed by atoms with E-state index in [4.69, 9.17) is 4.74 Å². The molecule has 10 heteroatoms. The first-order valence-corrected chi connectivity index (χ1v) is 11.7. The number of hydrogen-bond donors (Lipinski definition) is 2. The number of ether oxygens (including phenoxy) is 1. The first-order chi connectivity index (χ1) is 17.5. The normalized spacial score (nSPS) is 13.6. The van der Waals surface area contributed by atoms with Crippen LogP contribution in [0.4, 0.5) is 26.0 Å². The van der Waals surface area contributed by atoms with Gasteiger partial charge in [0.1, 0.15) is 12.4 Å². The van der Waals surface area contributed by atoms with Crippen LogP contribution in [-0.2, 0) is 6.54 Å². The molecule has 184 valence electrons. The van der Waals surface area contributed by atoms with Gasteiger partial charge in [0.05, 0.1) is 5.52 Å². The summed E-state index contributed by atoms with van der Waals surface area (Å²) in [5.74, 6) is -1.66. The molecule has 0 saturated carbocycles. The van der Waals surface area contributed by atoms with Crippen LogP contribution in [0.1, 0.15) is 18.2 Å². The van der Waals surface area contributed by atoms with Crippen LogP contribution < -0.4 is 20.3 Å². The molecule has 1 fully saturated rings. The Morgan fingerprint density at radius 2 is 1.89 bits per heavy atom. The van der Waals surface area contributed by atoms with E-state index in [0.717, 1.165) is 43.6 Å². The Hall–Kier alpha value is -4.23. The van der Waals surface area contributed by atoms with Gasteiger partial charge in [0, 0.05) is 61.2 Å². The zero-order valence-corrected chi connectivity index (χ0v) is 20.0. The Morgan fingerprint density at radius 3 is 2.58 bits per heavy atom. The van der Waals surface area contributed by atoms with Gasteiger partial charge in [-0.1, -0.05) is 0 Å². The minimum Gasteiger partial charge on any atom is -0.434 e. The maximum Gasteiger partial charge on any atom is 0.242 e. The summed E-state index contributed by atoms with van der Waals surface area (Å²) in [6.45, 7) is 7.90. The van der Waals surface area contributed by atoms with E-state index in [1.807, 2.05) is 37.3 Å². The number of aromatic nitrogens is 3. The van der Waals surface area contributed by atoms with Gasteiger partial charge in [-0.2, -0.15) is 5.26 Å². The predicted octanol–water partition coefficient (Wildman–Crippen LogP) is 4.86. The largest absolute Gasteiger partial charge is 0.434 e. The molecule has 0 radical (unpaired) electrons. The number of aryl methyl sites for hydroxylation is 2. The zero-order chi connectivity index (χ0) is 25.2. The highest BCUT2D eigenvalue weighted by atomic mass is 19.1. The fourth-order valence-corrected chi connectivity index (χ4v) is 4.52. The highest BCUT2D eigenvalue weighted by Crippen LogP contribution is 2.35. The first kappa shape index (κ1) is 23.5. The third-order valence-electron chi connectivity index (χ3n) is 6.30. The molecule has 2 N–H and O–H groups in total. The summed E-state index contributed by atoms with van der Waals surface area (Å²) in [6, 6.07) is 12.3. The molecule has 1 aliphatic rings. The summed E-state index contributed by atoms with van der Waals surface area (Å²) in [7, 11) is 0. The second-order valence-corrected chi connectivity index (χ2v) is 8.49. The van der Waals surface area contributed by atoms with Crippen LogP contribution in [0.3, 0.4) is 0 Å². The Labute approximate surface area is 207 Å². The van der Waals surface area contributed by atoms with E-state index in [0.29, 0.717) is 12.2 Å². The summed E-state index contributed by atoms with van der Waals surface area (Å²) in [4.78, 5) is 10.5. The third kappa shape index (κ3) is 4.29. The third-order valence-corrected chi connectivity index (χ3v) is 6.30. The molecule has 0 atom stereocenters. The SMILES string of the molecule is CCn1c(C)cc2c(F)c(Oc3ncnc(Nc4ccc(N5CCNCC5)cc4)c3C#N)cc(F)c21. The average molecular weight is 490 g/mol. The lowest BCUT2D eigenvalue weighted by molar-refractivity contribution is 0.424. The fraction of sp³-hybridized carbons (Fsp3) is 0.269. The van der Waals surface area contributed by atoms with E-state index in [2.05, 4.69) is 25.5 Å². The van der Waals surface area contributed by atoms with Crippen molar-refractivity contribution in [2.24, 2.45) is 0 Å². The van der Waals surface area contributed by atoms with Crippen LogP contribution in [0.5, 0.6) is 11.6 Å². The molecule has 0 spiro atoms. The van der Waals surface area contributed by atoms with Crippen molar-refractivity contribution in [3.63, 3.8) is 0 Å². The van der Waals surface area contributed by atoms with Gasteiger partial charge in [0.25, 0.3) is 0 Å². The topological polar surface area (TPSA) is 91.0 Å². The number of hydrogen-bond acceptors (Lipinski definition) is 7. The second kappa shape index (κ2) is 9.79. The van der Waals surface area contributed by atoms with Gasteiger partial charge in [0.15, 0.2) is 28.8 Å². The van der Waals surface area contributed by atoms with Gasteiger partial charge in [-0.15, -0.1) is 0 Å². The van der Waals surface area contributed by atoms with Gasteiger partial charge in [-0.25, -0.2) is 18.7 Å². The molecule has 1 aliphatic heterocycles. The standard InChI is InChI=1S/C26H25F2N7O/c1-3-35-16(2)12-19-23(28)22(13-21(27)24(19)35)36-26-20(14-29)25(31-15-32-26)33-17-4-6-18(7-5-17)34-10-8-30-9-11-34/h4-7,12-13,15,30H,3,8-11H2,1-2H3,(H,31,32,33). The molecule has 0 aliphatic carbocycles. The molecule has 0 amide bonds. The van der Waals surface area contributed by atoms with Crippen LogP contribution in [0.15, 0.2) is 42.7 Å². The number of nitrogens with zero attached hydrogens (tertiary/aromatic N) is 5. The van der Waals surface area contributed by atoms with Crippen LogP contribution >= 0.6 is 0 Å². The number of nitriles is 1. The summed E-state index contributed by atoms with van der Waals surface area (Å²) in [6.07, 6.45) is 1.21. The molecule has 5 rings (SSSR count). The van der Waals surface area contributed by atoms with E-state index >= 15 is 4.39 Å². The number of anilines is 3. The summed E-state index contributed by atoms with van der Waals surface area (Å²) >= 11 is 0. The molecule has 8 nitrogen and oxygen atoms in total. The van der Waals surface area contributed by atoms with Gasteiger partial charge in [-0.3, -0.25) is 0 Å². The smallest absolute Gasteiger partial charge is 0.242 e. The Bertz CT molecular complexity index is 1450. The number of nitrogens with one attached hydrogen (secondary N) is 2. The quantitative estimate of drug-likeness (QED) is 0.400. The van der Waals surface area contributed by atoms with E-state index in [1.54, 1.807) is 17.6 Å². The molecule has 2 aromatic heterocycles. The van der Waals surface area contributed by atoms with Crippen molar-refractivity contribution in [2.75, 3.05) is 36.4 Å². The van der Waals surface area contributed by atoms with Gasteiger partial charge < -0.3 is 24.8 Å². The number of halogens is 2. The maximum atomic E-state index is 15.3. The molecule has 36 heavy (non-hydrogen) atoms. The molecule has 3 heterocycles. The van der Waals surface area contributed by atoms with E-state index in [9.17, 15) is 9.65 Å². The molecular weight excluding hydrogens is 464 g/mol. The van der Waals surface area contributed by atoms with Crippen molar-refractivity contribution in [1.82, 2.24) is 19.9 Å². The highest BCUT2D eigenvalue weighted by molar-refractivity contribution is 5.84. The van der Waals surface area contributed by atoms with Crippen molar-refractivity contribution in [3.05, 3.63) is 65.6 Å². The van der Waals surface area contributed by atoms with Crippen LogP contribution in [0.25, 0.3) is 10.9 Å². The minimum absolute atomic E-state index is 0.0223. The first-order valence-electron chi connectivity index (χ1n) is 11.7. The van der Waals surface area contributed by atoms with E-state index in [1.165, 1.54) is 6.33 Å². The lowest BCUT2D eigenvalue weighted by Gasteiger charge is -2.29. The molecule has 1 saturated heterocycles. The zero-order valence-electron chi connectivity index (χ0n) is 20.0. The van der Waals surface area contributed by atoms with Gasteiger partial charge in [0.2, 0.25) is 5.88 Å². The number of fused-ring (bicyclic) bond motifs is 1. The van der Waals surface area contributed by atoms with E-state index < -0.39 is 11.6 Å². The number of rotatable bonds is 6. The van der Waals surface area contributed by atoms with Crippen molar-refractivity contribution in [3.8, 4) is 17.7 Å². The average Bonchev–Trinajstić information content (AvgIpc) is 3.25. The molecular formula is C26H25F2N7O. The fourth-order valence-electron chi connectivity index (χ4n) is 4.52. The molecule has 2 aromatic carbocycles. The van der Waals surface area contributed by atoms with Crippen molar-refractivity contribution < 1.29 is 13.5 Å². The molecule has 4 aromatic rings. The van der Waals surface area contributed by atoms with Crippen LogP contribution in [0.2, 0.25) is 0 Å². The summed E-state index contributed by atoms with van der Waals surface area (Å²) in [5, 5.41) is 16.3. The second-order valence-electron chi connectivity index (χ2n) is 8.49. The number of benzene rings is 2. The Kier molecular flexibility index (Phi) is 6.40.